The van der Waals surface area contributed by atoms with Crippen molar-refractivity contribution in [1.82, 2.24) is 15.1 Å². The number of nitrogens with zero attached hydrogens (tertiary/aromatic N) is 2. The molecule has 3 aliphatic rings. The van der Waals surface area contributed by atoms with E-state index in [-0.39, 0.29) is 0 Å². The van der Waals surface area contributed by atoms with Gasteiger partial charge in [-0.2, -0.15) is 0 Å². The number of likely N-dealkylation sites (N-methyl/N-ethyl adjacent to an activating group) is 1. The van der Waals surface area contributed by atoms with Crippen molar-refractivity contribution in [1.29, 1.82) is 0 Å². The molecule has 0 spiro atoms. The normalized spacial score (nSPS) is 30.4. The Labute approximate surface area is 121 Å². The van der Waals surface area contributed by atoms with Gasteiger partial charge in [-0.25, -0.2) is 0 Å². The van der Waals surface area contributed by atoms with Crippen LogP contribution in [0.4, 0.5) is 0 Å². The summed E-state index contributed by atoms with van der Waals surface area (Å²) < 4.78 is 0. The number of piperazine rings is 3. The zero-order valence-corrected chi connectivity index (χ0v) is 12.3. The zero-order chi connectivity index (χ0) is 13.9. The van der Waals surface area contributed by atoms with Crippen LogP contribution in [0.15, 0.2) is 24.3 Å². The first-order valence-corrected chi connectivity index (χ1v) is 7.74. The molecular weight excluding hydrogens is 250 g/mol. The molecule has 4 nitrogen and oxygen atoms in total. The molecule has 0 aromatic heterocycles. The zero-order valence-electron chi connectivity index (χ0n) is 12.3. The van der Waals surface area contributed by atoms with E-state index in [4.69, 9.17) is 0 Å². The summed E-state index contributed by atoms with van der Waals surface area (Å²) in [6.45, 7) is 9.26. The number of nitrogens with one attached hydrogen (secondary N) is 1. The van der Waals surface area contributed by atoms with Crippen molar-refractivity contribution in [3.63, 3.8) is 0 Å². The Morgan fingerprint density at radius 2 is 1.90 bits per heavy atom. The Hall–Kier alpha value is -1.10. The highest BCUT2D eigenvalue weighted by atomic mass is 16.3. The summed E-state index contributed by atoms with van der Waals surface area (Å²) in [5.74, 6) is 0.348. The van der Waals surface area contributed by atoms with Gasteiger partial charge < -0.3 is 10.4 Å². The van der Waals surface area contributed by atoms with Crippen LogP contribution in [-0.2, 0) is 6.42 Å². The van der Waals surface area contributed by atoms with Crippen LogP contribution in [0.1, 0.15) is 12.5 Å². The number of rotatable bonds is 5. The van der Waals surface area contributed by atoms with Crippen LogP contribution in [0, 0.1) is 0 Å². The standard InChI is InChI=1S/C16H25N3O/c1-2-17-15(11-13-3-5-14(20)6-4-13)16-12-18-7-9-19(16)10-8-18/h3-6,15-17,20H,2,7-12H2,1H3. The van der Waals surface area contributed by atoms with E-state index in [1.165, 1.54) is 38.3 Å². The second-order valence-electron chi connectivity index (χ2n) is 5.94. The van der Waals surface area contributed by atoms with Crippen molar-refractivity contribution >= 4 is 0 Å². The maximum Gasteiger partial charge on any atom is 0.115 e. The summed E-state index contributed by atoms with van der Waals surface area (Å²) >= 11 is 0. The third kappa shape index (κ3) is 2.97. The SMILES string of the molecule is CCNC(Cc1ccc(O)cc1)C1CN2CCN1CC2. The molecule has 3 fully saturated rings. The first-order valence-electron chi connectivity index (χ1n) is 7.74. The van der Waals surface area contributed by atoms with Gasteiger partial charge in [-0.05, 0) is 30.7 Å². The minimum Gasteiger partial charge on any atom is -0.508 e. The number of hydrogen-bond donors (Lipinski definition) is 2. The second-order valence-corrected chi connectivity index (χ2v) is 5.94. The van der Waals surface area contributed by atoms with Crippen molar-refractivity contribution in [2.24, 2.45) is 0 Å². The van der Waals surface area contributed by atoms with Crippen LogP contribution in [0.2, 0.25) is 0 Å². The first-order chi connectivity index (χ1) is 9.76. The van der Waals surface area contributed by atoms with Crippen LogP contribution in [0.25, 0.3) is 0 Å². The van der Waals surface area contributed by atoms with E-state index in [2.05, 4.69) is 22.0 Å². The summed E-state index contributed by atoms with van der Waals surface area (Å²) in [5, 5.41) is 13.1. The summed E-state index contributed by atoms with van der Waals surface area (Å²) in [5.41, 5.74) is 1.30. The van der Waals surface area contributed by atoms with Crippen molar-refractivity contribution in [3.05, 3.63) is 29.8 Å². The molecule has 0 saturated carbocycles. The molecule has 20 heavy (non-hydrogen) atoms. The fraction of sp³-hybridized carbons (Fsp3) is 0.625. The molecule has 2 atom stereocenters. The summed E-state index contributed by atoms with van der Waals surface area (Å²) in [6.07, 6.45) is 1.03. The molecule has 4 heteroatoms. The quantitative estimate of drug-likeness (QED) is 0.838. The minimum atomic E-state index is 0.348. The molecule has 110 valence electrons. The van der Waals surface area contributed by atoms with Gasteiger partial charge in [0.25, 0.3) is 0 Å². The lowest BCUT2D eigenvalue weighted by Crippen LogP contribution is -2.66. The smallest absolute Gasteiger partial charge is 0.115 e. The van der Waals surface area contributed by atoms with Crippen LogP contribution < -0.4 is 5.32 Å². The van der Waals surface area contributed by atoms with Crippen molar-refractivity contribution in [2.75, 3.05) is 39.3 Å². The summed E-state index contributed by atoms with van der Waals surface area (Å²) in [6, 6.07) is 8.76. The Morgan fingerprint density at radius 1 is 1.20 bits per heavy atom. The van der Waals surface area contributed by atoms with Gasteiger partial charge >= 0.3 is 0 Å². The van der Waals surface area contributed by atoms with Crippen LogP contribution in [0.3, 0.4) is 0 Å². The molecule has 2 N–H and O–H groups in total. The highest BCUT2D eigenvalue weighted by molar-refractivity contribution is 5.26. The first kappa shape index (κ1) is 13.9. The molecule has 2 unspecified atom stereocenters. The van der Waals surface area contributed by atoms with E-state index in [0.29, 0.717) is 17.8 Å². The third-order valence-electron chi connectivity index (χ3n) is 4.64. The number of benzene rings is 1. The average Bonchev–Trinajstić information content (AvgIpc) is 2.50. The molecule has 3 heterocycles. The summed E-state index contributed by atoms with van der Waals surface area (Å²) in [7, 11) is 0. The third-order valence-corrected chi connectivity index (χ3v) is 4.64. The molecule has 0 amide bonds. The van der Waals surface area contributed by atoms with E-state index in [9.17, 15) is 5.11 Å². The Morgan fingerprint density at radius 3 is 2.45 bits per heavy atom. The van der Waals surface area contributed by atoms with Crippen molar-refractivity contribution in [2.45, 2.75) is 25.4 Å². The fourth-order valence-corrected chi connectivity index (χ4v) is 3.53. The Bertz CT molecular complexity index is 426. The van der Waals surface area contributed by atoms with Crippen LogP contribution in [0.5, 0.6) is 5.75 Å². The van der Waals surface area contributed by atoms with E-state index < -0.39 is 0 Å². The van der Waals surface area contributed by atoms with E-state index in [0.717, 1.165) is 13.0 Å². The van der Waals surface area contributed by atoms with E-state index >= 15 is 0 Å². The number of aromatic hydroxyl groups is 1. The molecule has 3 aliphatic heterocycles. The van der Waals surface area contributed by atoms with Gasteiger partial charge in [0.1, 0.15) is 5.75 Å². The lowest BCUT2D eigenvalue weighted by atomic mass is 9.94. The number of hydrogen-bond acceptors (Lipinski definition) is 4. The molecule has 2 bridgehead atoms. The number of phenols is 1. The Balaban J connectivity index is 1.70. The predicted octanol–water partition coefficient (Wildman–Crippen LogP) is 0.913. The van der Waals surface area contributed by atoms with Crippen molar-refractivity contribution in [3.8, 4) is 5.75 Å². The van der Waals surface area contributed by atoms with Crippen molar-refractivity contribution < 1.29 is 5.11 Å². The molecule has 4 rings (SSSR count). The highest BCUT2D eigenvalue weighted by Gasteiger charge is 2.36. The van der Waals surface area contributed by atoms with Crippen LogP contribution >= 0.6 is 0 Å². The van der Waals surface area contributed by atoms with Crippen LogP contribution in [-0.4, -0.2) is 66.3 Å². The fourth-order valence-electron chi connectivity index (χ4n) is 3.53. The van der Waals surface area contributed by atoms with Gasteiger partial charge in [0.05, 0.1) is 0 Å². The molecular formula is C16H25N3O. The lowest BCUT2D eigenvalue weighted by Gasteiger charge is -2.50. The van der Waals surface area contributed by atoms with E-state index in [1.54, 1.807) is 12.1 Å². The molecule has 3 saturated heterocycles. The van der Waals surface area contributed by atoms with Gasteiger partial charge in [-0.3, -0.25) is 9.80 Å². The van der Waals surface area contributed by atoms with Gasteiger partial charge in [0, 0.05) is 44.8 Å². The maximum atomic E-state index is 9.40. The van der Waals surface area contributed by atoms with E-state index in [1.807, 2.05) is 12.1 Å². The molecule has 1 aromatic carbocycles. The number of fused-ring (bicyclic) bond motifs is 3. The number of phenolic OH excluding ortho intramolecular Hbond substituents is 1. The van der Waals surface area contributed by atoms with Gasteiger partial charge in [-0.15, -0.1) is 0 Å². The molecule has 1 aromatic rings. The Kier molecular flexibility index (Phi) is 4.24. The topological polar surface area (TPSA) is 38.7 Å². The van der Waals surface area contributed by atoms with Gasteiger partial charge in [0.2, 0.25) is 0 Å². The maximum absolute atomic E-state index is 9.40. The molecule has 0 aliphatic carbocycles. The second kappa shape index (κ2) is 6.12. The summed E-state index contributed by atoms with van der Waals surface area (Å²) in [4.78, 5) is 5.24. The highest BCUT2D eigenvalue weighted by Crippen LogP contribution is 2.21. The monoisotopic (exact) mass is 275 g/mol. The minimum absolute atomic E-state index is 0.348. The van der Waals surface area contributed by atoms with Gasteiger partial charge in [-0.1, -0.05) is 19.1 Å². The predicted molar refractivity (Wildman–Crippen MR) is 81.1 cm³/mol. The van der Waals surface area contributed by atoms with Gasteiger partial charge in [0.15, 0.2) is 0 Å². The largest absolute Gasteiger partial charge is 0.508 e. The molecule has 0 radical (unpaired) electrons. The lowest BCUT2D eigenvalue weighted by molar-refractivity contribution is -0.00288. The average molecular weight is 275 g/mol.